The summed E-state index contributed by atoms with van der Waals surface area (Å²) in [6.07, 6.45) is 4.71. The van der Waals surface area contributed by atoms with Gasteiger partial charge in [-0.05, 0) is 55.5 Å². The molecule has 0 saturated carbocycles. The van der Waals surface area contributed by atoms with E-state index >= 15 is 0 Å². The second-order valence-electron chi connectivity index (χ2n) is 6.08. The lowest BCUT2D eigenvalue weighted by Gasteiger charge is -2.21. The van der Waals surface area contributed by atoms with E-state index in [1.165, 1.54) is 42.6 Å². The van der Waals surface area contributed by atoms with Crippen molar-refractivity contribution in [3.63, 3.8) is 0 Å². The minimum absolute atomic E-state index is 1.08. The minimum Gasteiger partial charge on any atom is -0.299 e. The number of rotatable bonds is 9. The van der Waals surface area contributed by atoms with Gasteiger partial charge in [-0.1, -0.05) is 68.4 Å². The van der Waals surface area contributed by atoms with Crippen LogP contribution in [-0.4, -0.2) is 18.0 Å². The maximum absolute atomic E-state index is 2.55. The Balaban J connectivity index is 1.86. The van der Waals surface area contributed by atoms with Crippen LogP contribution in [0.4, 0.5) is 0 Å². The molecule has 0 aliphatic rings. The Kier molecular flexibility index (Phi) is 7.18. The number of aryl methyl sites for hydroxylation is 2. The summed E-state index contributed by atoms with van der Waals surface area (Å²) >= 11 is 0. The summed E-state index contributed by atoms with van der Waals surface area (Å²) in [4.78, 5) is 2.55. The summed E-state index contributed by atoms with van der Waals surface area (Å²) in [6, 6.07) is 19.9. The van der Waals surface area contributed by atoms with Gasteiger partial charge in [0, 0.05) is 6.54 Å². The molecule has 0 heterocycles. The molecule has 0 amide bonds. The standard InChI is InChI=1S/C21H29N/c1-3-16-22(17-4-2)18-21-14-12-20(13-15-21)11-10-19-8-6-5-7-9-19/h5-9,12-15H,3-4,10-11,16-18H2,1-2H3. The Bertz CT molecular complexity index is 509. The molecule has 0 aromatic heterocycles. The van der Waals surface area contributed by atoms with Gasteiger partial charge in [-0.2, -0.15) is 0 Å². The summed E-state index contributed by atoms with van der Waals surface area (Å²) in [5.74, 6) is 0. The smallest absolute Gasteiger partial charge is 0.0233 e. The fourth-order valence-corrected chi connectivity index (χ4v) is 2.91. The highest BCUT2D eigenvalue weighted by molar-refractivity contribution is 5.24. The van der Waals surface area contributed by atoms with Gasteiger partial charge >= 0.3 is 0 Å². The second kappa shape index (κ2) is 9.42. The first-order valence-electron chi connectivity index (χ1n) is 8.66. The van der Waals surface area contributed by atoms with Gasteiger partial charge < -0.3 is 0 Å². The van der Waals surface area contributed by atoms with Gasteiger partial charge in [-0.3, -0.25) is 4.90 Å². The molecule has 0 N–H and O–H groups in total. The first-order valence-corrected chi connectivity index (χ1v) is 8.66. The maximum Gasteiger partial charge on any atom is 0.0233 e. The Labute approximate surface area is 136 Å². The van der Waals surface area contributed by atoms with E-state index in [1.54, 1.807) is 0 Å². The van der Waals surface area contributed by atoms with Crippen LogP contribution in [0.1, 0.15) is 43.4 Å². The van der Waals surface area contributed by atoms with E-state index in [0.717, 1.165) is 19.4 Å². The average molecular weight is 295 g/mol. The van der Waals surface area contributed by atoms with E-state index in [-0.39, 0.29) is 0 Å². The Morgan fingerprint density at radius 2 is 1.14 bits per heavy atom. The molecule has 2 rings (SSSR count). The van der Waals surface area contributed by atoms with Crippen LogP contribution in [0.5, 0.6) is 0 Å². The molecule has 118 valence electrons. The molecule has 2 aromatic carbocycles. The first kappa shape index (κ1) is 16.8. The topological polar surface area (TPSA) is 3.24 Å². The van der Waals surface area contributed by atoms with Gasteiger partial charge in [-0.15, -0.1) is 0 Å². The molecular weight excluding hydrogens is 266 g/mol. The zero-order valence-electron chi connectivity index (χ0n) is 14.1. The van der Waals surface area contributed by atoms with Gasteiger partial charge in [0.2, 0.25) is 0 Å². The molecule has 2 aromatic rings. The van der Waals surface area contributed by atoms with Crippen LogP contribution in [-0.2, 0) is 19.4 Å². The molecule has 0 fully saturated rings. The summed E-state index contributed by atoms with van der Waals surface area (Å²) in [5.41, 5.74) is 4.29. The fraction of sp³-hybridized carbons (Fsp3) is 0.429. The van der Waals surface area contributed by atoms with Gasteiger partial charge in [0.15, 0.2) is 0 Å². The van der Waals surface area contributed by atoms with Crippen molar-refractivity contribution in [3.05, 3.63) is 71.3 Å². The highest BCUT2D eigenvalue weighted by Crippen LogP contribution is 2.11. The molecule has 0 unspecified atom stereocenters. The molecule has 0 atom stereocenters. The third-order valence-corrected chi connectivity index (χ3v) is 4.05. The van der Waals surface area contributed by atoms with Gasteiger partial charge in [0.1, 0.15) is 0 Å². The third kappa shape index (κ3) is 5.65. The quantitative estimate of drug-likeness (QED) is 0.622. The van der Waals surface area contributed by atoms with E-state index in [9.17, 15) is 0 Å². The van der Waals surface area contributed by atoms with Gasteiger partial charge in [-0.25, -0.2) is 0 Å². The van der Waals surface area contributed by atoms with Crippen LogP contribution in [0.3, 0.4) is 0 Å². The van der Waals surface area contributed by atoms with Crippen molar-refractivity contribution in [3.8, 4) is 0 Å². The van der Waals surface area contributed by atoms with E-state index in [2.05, 4.69) is 73.3 Å². The molecule has 0 bridgehead atoms. The lowest BCUT2D eigenvalue weighted by atomic mass is 10.0. The SMILES string of the molecule is CCCN(CCC)Cc1ccc(CCc2ccccc2)cc1. The molecule has 22 heavy (non-hydrogen) atoms. The summed E-state index contributed by atoms with van der Waals surface area (Å²) in [6.45, 7) is 8.00. The van der Waals surface area contributed by atoms with Crippen molar-refractivity contribution in [1.82, 2.24) is 4.90 Å². The largest absolute Gasteiger partial charge is 0.299 e. The van der Waals surface area contributed by atoms with Crippen LogP contribution < -0.4 is 0 Å². The Morgan fingerprint density at radius 3 is 1.68 bits per heavy atom. The number of nitrogens with zero attached hydrogens (tertiary/aromatic N) is 1. The number of benzene rings is 2. The summed E-state index contributed by atoms with van der Waals surface area (Å²) < 4.78 is 0. The zero-order valence-corrected chi connectivity index (χ0v) is 14.1. The van der Waals surface area contributed by atoms with E-state index < -0.39 is 0 Å². The number of hydrogen-bond donors (Lipinski definition) is 0. The predicted octanol–water partition coefficient (Wildman–Crippen LogP) is 5.09. The highest BCUT2D eigenvalue weighted by atomic mass is 15.1. The van der Waals surface area contributed by atoms with E-state index in [1.807, 2.05) is 0 Å². The van der Waals surface area contributed by atoms with Crippen LogP contribution in [0.15, 0.2) is 54.6 Å². The Morgan fingerprint density at radius 1 is 0.636 bits per heavy atom. The number of hydrogen-bond acceptors (Lipinski definition) is 1. The van der Waals surface area contributed by atoms with Crippen molar-refractivity contribution in [2.75, 3.05) is 13.1 Å². The van der Waals surface area contributed by atoms with E-state index in [4.69, 9.17) is 0 Å². The predicted molar refractivity (Wildman–Crippen MR) is 96.2 cm³/mol. The molecule has 0 aliphatic carbocycles. The van der Waals surface area contributed by atoms with Gasteiger partial charge in [0.05, 0.1) is 0 Å². The van der Waals surface area contributed by atoms with Crippen molar-refractivity contribution in [1.29, 1.82) is 0 Å². The average Bonchev–Trinajstić information content (AvgIpc) is 2.56. The molecule has 0 radical (unpaired) electrons. The monoisotopic (exact) mass is 295 g/mol. The molecule has 1 heteroatoms. The molecule has 1 nitrogen and oxygen atoms in total. The molecule has 0 saturated heterocycles. The first-order chi connectivity index (χ1) is 10.8. The van der Waals surface area contributed by atoms with Crippen molar-refractivity contribution in [2.45, 2.75) is 46.1 Å². The van der Waals surface area contributed by atoms with Gasteiger partial charge in [0.25, 0.3) is 0 Å². The van der Waals surface area contributed by atoms with Crippen molar-refractivity contribution >= 4 is 0 Å². The second-order valence-corrected chi connectivity index (χ2v) is 6.08. The van der Waals surface area contributed by atoms with Crippen LogP contribution >= 0.6 is 0 Å². The summed E-state index contributed by atoms with van der Waals surface area (Å²) in [5, 5.41) is 0. The maximum atomic E-state index is 2.55. The normalized spacial score (nSPS) is 11.0. The van der Waals surface area contributed by atoms with E-state index in [0.29, 0.717) is 0 Å². The van der Waals surface area contributed by atoms with Crippen LogP contribution in [0.2, 0.25) is 0 Å². The highest BCUT2D eigenvalue weighted by Gasteiger charge is 2.04. The summed E-state index contributed by atoms with van der Waals surface area (Å²) in [7, 11) is 0. The fourth-order valence-electron chi connectivity index (χ4n) is 2.91. The lowest BCUT2D eigenvalue weighted by Crippen LogP contribution is -2.24. The molecule has 0 aliphatic heterocycles. The molecule has 0 spiro atoms. The lowest BCUT2D eigenvalue weighted by molar-refractivity contribution is 0.266. The third-order valence-electron chi connectivity index (χ3n) is 4.05. The molecular formula is C21H29N. The zero-order chi connectivity index (χ0) is 15.6. The van der Waals surface area contributed by atoms with Crippen molar-refractivity contribution < 1.29 is 0 Å². The van der Waals surface area contributed by atoms with Crippen LogP contribution in [0, 0.1) is 0 Å². The minimum atomic E-state index is 1.08. The van der Waals surface area contributed by atoms with Crippen molar-refractivity contribution in [2.24, 2.45) is 0 Å². The van der Waals surface area contributed by atoms with Crippen LogP contribution in [0.25, 0.3) is 0 Å². The Hall–Kier alpha value is -1.60.